The van der Waals surface area contributed by atoms with Gasteiger partial charge in [0.25, 0.3) is 5.91 Å². The van der Waals surface area contributed by atoms with Crippen molar-refractivity contribution in [1.82, 2.24) is 20.1 Å². The summed E-state index contributed by atoms with van der Waals surface area (Å²) in [6, 6.07) is 8.04. The van der Waals surface area contributed by atoms with Gasteiger partial charge in [-0.25, -0.2) is 14.5 Å². The van der Waals surface area contributed by atoms with Crippen LogP contribution in [0.1, 0.15) is 44.3 Å². The molecular formula is C20H24N6O3. The molecule has 9 nitrogen and oxygen atoms in total. The number of fused-ring (bicyclic) bond motifs is 1. The molecular weight excluding hydrogens is 372 g/mol. The Hall–Kier alpha value is -3.23. The Labute approximate surface area is 168 Å². The van der Waals surface area contributed by atoms with E-state index in [1.807, 2.05) is 22.9 Å². The highest BCUT2D eigenvalue weighted by Gasteiger charge is 2.37. The largest absolute Gasteiger partial charge is 0.480 e. The van der Waals surface area contributed by atoms with Gasteiger partial charge in [0.15, 0.2) is 11.9 Å². The summed E-state index contributed by atoms with van der Waals surface area (Å²) >= 11 is 0. The quantitative estimate of drug-likeness (QED) is 0.793. The summed E-state index contributed by atoms with van der Waals surface area (Å²) in [5.74, 6) is 0.679. The molecule has 2 aliphatic heterocycles. The van der Waals surface area contributed by atoms with E-state index in [4.69, 9.17) is 0 Å². The number of anilines is 1. The van der Waals surface area contributed by atoms with Crippen LogP contribution in [0.25, 0.3) is 0 Å². The SMILES string of the molecule is CC(C)c1nc2n(n1)CC(NC(=O)C1=NN(c3ccccc3)C(C(=O)O)C1)CC2. The van der Waals surface area contributed by atoms with Crippen LogP contribution in [0.15, 0.2) is 35.4 Å². The van der Waals surface area contributed by atoms with Gasteiger partial charge in [-0.05, 0) is 18.6 Å². The average molecular weight is 396 g/mol. The fourth-order valence-electron chi connectivity index (χ4n) is 3.62. The summed E-state index contributed by atoms with van der Waals surface area (Å²) in [7, 11) is 0. The molecule has 0 saturated carbocycles. The van der Waals surface area contributed by atoms with Crippen molar-refractivity contribution in [2.24, 2.45) is 5.10 Å². The summed E-state index contributed by atoms with van der Waals surface area (Å²) in [6.45, 7) is 4.66. The van der Waals surface area contributed by atoms with E-state index in [-0.39, 0.29) is 30.0 Å². The number of aromatic nitrogens is 3. The number of carboxylic acid groups (broad SMARTS) is 1. The first-order chi connectivity index (χ1) is 13.9. The first-order valence-electron chi connectivity index (χ1n) is 9.81. The van der Waals surface area contributed by atoms with Crippen molar-refractivity contribution < 1.29 is 14.7 Å². The fourth-order valence-corrected chi connectivity index (χ4v) is 3.62. The third-order valence-electron chi connectivity index (χ3n) is 5.20. The van der Waals surface area contributed by atoms with Gasteiger partial charge in [-0.3, -0.25) is 9.80 Å². The van der Waals surface area contributed by atoms with E-state index in [9.17, 15) is 14.7 Å². The molecule has 2 aliphatic rings. The highest BCUT2D eigenvalue weighted by atomic mass is 16.4. The summed E-state index contributed by atoms with van der Waals surface area (Å²) in [6.07, 6.45) is 1.57. The molecule has 0 saturated heterocycles. The third-order valence-corrected chi connectivity index (χ3v) is 5.20. The number of carboxylic acids is 1. The summed E-state index contributed by atoms with van der Waals surface area (Å²) in [5, 5.41) is 22.8. The maximum Gasteiger partial charge on any atom is 0.328 e. The van der Waals surface area contributed by atoms with Crippen LogP contribution in [0.4, 0.5) is 5.69 Å². The van der Waals surface area contributed by atoms with Gasteiger partial charge in [0.1, 0.15) is 11.5 Å². The van der Waals surface area contributed by atoms with E-state index in [1.165, 1.54) is 5.01 Å². The number of amides is 1. The summed E-state index contributed by atoms with van der Waals surface area (Å²) in [5.41, 5.74) is 0.877. The zero-order chi connectivity index (χ0) is 20.5. The van der Waals surface area contributed by atoms with Crippen LogP contribution in [0, 0.1) is 0 Å². The van der Waals surface area contributed by atoms with Crippen LogP contribution in [-0.2, 0) is 22.6 Å². The predicted molar refractivity (Wildman–Crippen MR) is 107 cm³/mol. The molecule has 0 bridgehead atoms. The number of hydrazone groups is 1. The van der Waals surface area contributed by atoms with E-state index in [2.05, 4.69) is 34.3 Å². The lowest BCUT2D eigenvalue weighted by Crippen LogP contribution is -2.44. The second kappa shape index (κ2) is 7.65. The molecule has 2 unspecified atom stereocenters. The number of para-hydroxylation sites is 1. The fraction of sp³-hybridized carbons (Fsp3) is 0.450. The van der Waals surface area contributed by atoms with Crippen LogP contribution in [0.5, 0.6) is 0 Å². The van der Waals surface area contributed by atoms with Crippen molar-refractivity contribution >= 4 is 23.3 Å². The van der Waals surface area contributed by atoms with E-state index >= 15 is 0 Å². The normalized spacial score (nSPS) is 21.1. The van der Waals surface area contributed by atoms with Gasteiger partial charge in [0, 0.05) is 24.8 Å². The average Bonchev–Trinajstić information content (AvgIpc) is 3.33. The van der Waals surface area contributed by atoms with Crippen molar-refractivity contribution in [2.45, 2.75) is 57.7 Å². The number of carbonyl (C=O) groups excluding carboxylic acids is 1. The molecule has 1 aromatic carbocycles. The van der Waals surface area contributed by atoms with Gasteiger partial charge >= 0.3 is 5.97 Å². The molecule has 2 atom stereocenters. The zero-order valence-electron chi connectivity index (χ0n) is 16.4. The Kier molecular flexibility index (Phi) is 5.04. The maximum absolute atomic E-state index is 12.8. The van der Waals surface area contributed by atoms with Crippen LogP contribution in [0.2, 0.25) is 0 Å². The van der Waals surface area contributed by atoms with Crippen molar-refractivity contribution in [3.63, 3.8) is 0 Å². The molecule has 0 fully saturated rings. The molecule has 1 aromatic heterocycles. The molecule has 152 valence electrons. The number of hydrogen-bond donors (Lipinski definition) is 2. The Bertz CT molecular complexity index is 952. The van der Waals surface area contributed by atoms with E-state index in [0.29, 0.717) is 12.2 Å². The van der Waals surface area contributed by atoms with Gasteiger partial charge in [-0.1, -0.05) is 32.0 Å². The minimum Gasteiger partial charge on any atom is -0.480 e. The van der Waals surface area contributed by atoms with Crippen molar-refractivity contribution in [2.75, 3.05) is 5.01 Å². The monoisotopic (exact) mass is 396 g/mol. The molecule has 4 rings (SSSR count). The van der Waals surface area contributed by atoms with E-state index in [1.54, 1.807) is 12.1 Å². The highest BCUT2D eigenvalue weighted by Crippen LogP contribution is 2.25. The molecule has 0 aliphatic carbocycles. The smallest absolute Gasteiger partial charge is 0.328 e. The Morgan fingerprint density at radius 3 is 2.69 bits per heavy atom. The minimum atomic E-state index is -1.01. The van der Waals surface area contributed by atoms with Gasteiger partial charge in [0.2, 0.25) is 0 Å². The second-order valence-electron chi connectivity index (χ2n) is 7.72. The molecule has 9 heteroatoms. The predicted octanol–water partition coefficient (Wildman–Crippen LogP) is 1.55. The number of hydrogen-bond acceptors (Lipinski definition) is 6. The topological polar surface area (TPSA) is 113 Å². The molecule has 29 heavy (non-hydrogen) atoms. The molecule has 3 heterocycles. The van der Waals surface area contributed by atoms with Crippen LogP contribution in [0.3, 0.4) is 0 Å². The number of nitrogens with zero attached hydrogens (tertiary/aromatic N) is 5. The first-order valence-corrected chi connectivity index (χ1v) is 9.81. The van der Waals surface area contributed by atoms with Crippen molar-refractivity contribution in [3.05, 3.63) is 42.0 Å². The Morgan fingerprint density at radius 1 is 1.24 bits per heavy atom. The number of nitrogens with one attached hydrogen (secondary N) is 1. The number of rotatable bonds is 5. The molecule has 2 aromatic rings. The third kappa shape index (κ3) is 3.85. The van der Waals surface area contributed by atoms with Crippen LogP contribution >= 0.6 is 0 Å². The Morgan fingerprint density at radius 2 is 2.00 bits per heavy atom. The van der Waals surface area contributed by atoms with Gasteiger partial charge in [-0.15, -0.1) is 0 Å². The van der Waals surface area contributed by atoms with E-state index in [0.717, 1.165) is 24.5 Å². The van der Waals surface area contributed by atoms with Crippen LogP contribution in [-0.4, -0.2) is 49.5 Å². The van der Waals surface area contributed by atoms with Crippen LogP contribution < -0.4 is 10.3 Å². The minimum absolute atomic E-state index is 0.0643. The Balaban J connectivity index is 1.46. The highest BCUT2D eigenvalue weighted by molar-refractivity contribution is 6.40. The summed E-state index contributed by atoms with van der Waals surface area (Å²) in [4.78, 5) is 29.0. The standard InChI is InChI=1S/C20H24N6O3/c1-12(2)18-22-17-9-8-13(11-25(17)24-18)21-19(27)15-10-16(20(28)29)26(23-15)14-6-4-3-5-7-14/h3-7,12-13,16H,8-11H2,1-2H3,(H,21,27)(H,28,29). The number of carbonyl (C=O) groups is 2. The van der Waals surface area contributed by atoms with Gasteiger partial charge in [-0.2, -0.15) is 10.2 Å². The number of aliphatic carboxylic acids is 1. The molecule has 0 radical (unpaired) electrons. The maximum atomic E-state index is 12.8. The number of benzene rings is 1. The number of aryl methyl sites for hydroxylation is 1. The van der Waals surface area contributed by atoms with E-state index < -0.39 is 12.0 Å². The lowest BCUT2D eigenvalue weighted by atomic mass is 10.1. The zero-order valence-corrected chi connectivity index (χ0v) is 16.4. The van der Waals surface area contributed by atoms with Crippen molar-refractivity contribution in [1.29, 1.82) is 0 Å². The molecule has 1 amide bonds. The lowest BCUT2D eigenvalue weighted by molar-refractivity contribution is -0.138. The summed E-state index contributed by atoms with van der Waals surface area (Å²) < 4.78 is 1.86. The lowest BCUT2D eigenvalue weighted by Gasteiger charge is -2.23. The van der Waals surface area contributed by atoms with Gasteiger partial charge in [0.05, 0.1) is 12.2 Å². The second-order valence-corrected chi connectivity index (χ2v) is 7.72. The molecule has 2 N–H and O–H groups in total. The van der Waals surface area contributed by atoms with Gasteiger partial charge < -0.3 is 10.4 Å². The molecule has 0 spiro atoms. The first kappa shape index (κ1) is 19.1. The van der Waals surface area contributed by atoms with Crippen molar-refractivity contribution in [3.8, 4) is 0 Å².